The largest absolute Gasteiger partial charge is 0.382 e. The molecule has 1 aromatic rings. The van der Waals surface area contributed by atoms with Gasteiger partial charge in [0.25, 0.3) is 0 Å². The zero-order valence-electron chi connectivity index (χ0n) is 13.0. The highest BCUT2D eigenvalue weighted by molar-refractivity contribution is 5.43. The summed E-state index contributed by atoms with van der Waals surface area (Å²) in [4.78, 5) is 4.36. The summed E-state index contributed by atoms with van der Waals surface area (Å²) in [5.74, 6) is 0.646. The van der Waals surface area contributed by atoms with Crippen molar-refractivity contribution >= 4 is 5.69 Å². The summed E-state index contributed by atoms with van der Waals surface area (Å²) in [7, 11) is 3.37. The van der Waals surface area contributed by atoms with Crippen LogP contribution in [0.15, 0.2) is 18.3 Å². The maximum absolute atomic E-state index is 5.32. The topological polar surface area (TPSA) is 55.4 Å². The Balaban J connectivity index is 2.42. The molecule has 20 heavy (non-hydrogen) atoms. The summed E-state index contributed by atoms with van der Waals surface area (Å²) in [6.07, 6.45) is 1.88. The summed E-state index contributed by atoms with van der Waals surface area (Å²) >= 11 is 0. The molecule has 0 spiro atoms. The summed E-state index contributed by atoms with van der Waals surface area (Å²) in [6.45, 7) is 7.47. The van der Waals surface area contributed by atoms with Gasteiger partial charge < -0.3 is 20.1 Å². The minimum absolute atomic E-state index is 0.0516. The molecular weight excluding hydrogens is 254 g/mol. The van der Waals surface area contributed by atoms with Crippen molar-refractivity contribution < 1.29 is 9.47 Å². The number of hydrogen-bond donors (Lipinski definition) is 2. The number of hydrogen-bond acceptors (Lipinski definition) is 5. The summed E-state index contributed by atoms with van der Waals surface area (Å²) in [6, 6.07) is 4.03. The second-order valence-corrected chi connectivity index (χ2v) is 5.25. The van der Waals surface area contributed by atoms with Crippen LogP contribution in [0, 0.1) is 5.92 Å². The second-order valence-electron chi connectivity index (χ2n) is 5.25. The average molecular weight is 281 g/mol. The molecule has 5 heteroatoms. The van der Waals surface area contributed by atoms with E-state index in [1.807, 2.05) is 12.3 Å². The zero-order valence-corrected chi connectivity index (χ0v) is 13.0. The molecule has 1 atom stereocenters. The molecule has 1 unspecified atom stereocenters. The van der Waals surface area contributed by atoms with Crippen molar-refractivity contribution in [1.29, 1.82) is 0 Å². The van der Waals surface area contributed by atoms with Gasteiger partial charge >= 0.3 is 0 Å². The molecule has 0 radical (unpaired) electrons. The lowest BCUT2D eigenvalue weighted by molar-refractivity contribution is 0.0365. The molecule has 114 valence electrons. The molecule has 0 saturated carbocycles. The fraction of sp³-hybridized carbons (Fsp3) is 0.667. The minimum Gasteiger partial charge on any atom is -0.382 e. The van der Waals surface area contributed by atoms with Gasteiger partial charge in [-0.2, -0.15) is 0 Å². The van der Waals surface area contributed by atoms with E-state index >= 15 is 0 Å². The van der Waals surface area contributed by atoms with E-state index in [0.717, 1.165) is 24.5 Å². The summed E-state index contributed by atoms with van der Waals surface area (Å²) in [5.41, 5.74) is 2.09. The van der Waals surface area contributed by atoms with E-state index in [1.165, 1.54) is 0 Å². The molecular formula is C15H27N3O2. The van der Waals surface area contributed by atoms with Crippen LogP contribution in [0.4, 0.5) is 5.69 Å². The molecule has 0 bridgehead atoms. The highest BCUT2D eigenvalue weighted by Crippen LogP contribution is 2.08. The minimum atomic E-state index is 0.0516. The number of methoxy groups -OCH3 is 2. The first-order valence-corrected chi connectivity index (χ1v) is 7.07. The number of nitrogens with zero attached hydrogens (tertiary/aromatic N) is 1. The van der Waals surface area contributed by atoms with E-state index in [9.17, 15) is 0 Å². The summed E-state index contributed by atoms with van der Waals surface area (Å²) in [5, 5.41) is 6.74. The van der Waals surface area contributed by atoms with Crippen molar-refractivity contribution in [3.8, 4) is 0 Å². The van der Waals surface area contributed by atoms with Crippen LogP contribution >= 0.6 is 0 Å². The van der Waals surface area contributed by atoms with Gasteiger partial charge in [0.15, 0.2) is 0 Å². The maximum atomic E-state index is 5.32. The van der Waals surface area contributed by atoms with Crippen LogP contribution in [0.1, 0.15) is 19.5 Å². The fourth-order valence-corrected chi connectivity index (χ4v) is 1.80. The summed E-state index contributed by atoms with van der Waals surface area (Å²) < 4.78 is 10.4. The van der Waals surface area contributed by atoms with Crippen LogP contribution in [0.25, 0.3) is 0 Å². The number of rotatable bonds is 10. The molecule has 0 aliphatic heterocycles. The maximum Gasteiger partial charge on any atom is 0.0976 e. The first-order valence-electron chi connectivity index (χ1n) is 7.07. The van der Waals surface area contributed by atoms with Crippen molar-refractivity contribution in [1.82, 2.24) is 10.3 Å². The van der Waals surface area contributed by atoms with Crippen LogP contribution in [0.2, 0.25) is 0 Å². The lowest BCUT2D eigenvalue weighted by atomic mass is 10.2. The number of anilines is 1. The molecule has 0 aromatic carbocycles. The second kappa shape index (κ2) is 9.69. The normalized spacial score (nSPS) is 12.7. The van der Waals surface area contributed by atoms with Gasteiger partial charge in [-0.15, -0.1) is 0 Å². The average Bonchev–Trinajstić information content (AvgIpc) is 2.43. The number of ether oxygens (including phenoxy) is 2. The number of nitrogens with one attached hydrogen (secondary N) is 2. The Labute approximate surface area is 122 Å². The SMILES string of the molecule is COCC(CNc1ccnc(CNCC(C)C)c1)OC. The molecule has 1 aromatic heterocycles. The first kappa shape index (κ1) is 16.9. The van der Waals surface area contributed by atoms with Gasteiger partial charge in [0.2, 0.25) is 0 Å². The molecule has 0 saturated heterocycles. The van der Waals surface area contributed by atoms with Crippen LogP contribution in [0.5, 0.6) is 0 Å². The molecule has 0 fully saturated rings. The van der Waals surface area contributed by atoms with E-state index in [1.54, 1.807) is 14.2 Å². The Morgan fingerprint density at radius 3 is 2.70 bits per heavy atom. The van der Waals surface area contributed by atoms with Gasteiger partial charge in [-0.3, -0.25) is 4.98 Å². The van der Waals surface area contributed by atoms with Crippen LogP contribution in [0.3, 0.4) is 0 Å². The highest BCUT2D eigenvalue weighted by atomic mass is 16.5. The van der Waals surface area contributed by atoms with Crippen LogP contribution < -0.4 is 10.6 Å². The predicted octanol–water partition coefficient (Wildman–Crippen LogP) is 1.90. The quantitative estimate of drug-likeness (QED) is 0.686. The van der Waals surface area contributed by atoms with Gasteiger partial charge in [0.1, 0.15) is 0 Å². The zero-order chi connectivity index (χ0) is 14.8. The smallest absolute Gasteiger partial charge is 0.0976 e. The fourth-order valence-electron chi connectivity index (χ4n) is 1.80. The molecule has 0 aliphatic rings. The lowest BCUT2D eigenvalue weighted by Gasteiger charge is -2.16. The Morgan fingerprint density at radius 2 is 2.05 bits per heavy atom. The van der Waals surface area contributed by atoms with Crippen molar-refractivity contribution in [2.75, 3.05) is 39.2 Å². The van der Waals surface area contributed by atoms with Crippen molar-refractivity contribution in [2.45, 2.75) is 26.5 Å². The van der Waals surface area contributed by atoms with Crippen molar-refractivity contribution in [3.05, 3.63) is 24.0 Å². The monoisotopic (exact) mass is 281 g/mol. The van der Waals surface area contributed by atoms with Crippen molar-refractivity contribution in [2.24, 2.45) is 5.92 Å². The number of aromatic nitrogens is 1. The van der Waals surface area contributed by atoms with Gasteiger partial charge in [0.05, 0.1) is 18.4 Å². The Morgan fingerprint density at radius 1 is 1.25 bits per heavy atom. The molecule has 0 amide bonds. The van der Waals surface area contributed by atoms with Gasteiger partial charge in [0, 0.05) is 39.2 Å². The third kappa shape index (κ3) is 6.84. The van der Waals surface area contributed by atoms with Crippen LogP contribution in [-0.2, 0) is 16.0 Å². The first-order chi connectivity index (χ1) is 9.65. The predicted molar refractivity (Wildman–Crippen MR) is 81.9 cm³/mol. The van der Waals surface area contributed by atoms with E-state index < -0.39 is 0 Å². The Hall–Kier alpha value is -1.17. The molecule has 1 heterocycles. The van der Waals surface area contributed by atoms with Gasteiger partial charge in [-0.1, -0.05) is 13.8 Å². The third-order valence-corrected chi connectivity index (χ3v) is 2.90. The molecule has 5 nitrogen and oxygen atoms in total. The van der Waals surface area contributed by atoms with Crippen molar-refractivity contribution in [3.63, 3.8) is 0 Å². The Kier molecular flexibility index (Phi) is 8.18. The molecule has 2 N–H and O–H groups in total. The third-order valence-electron chi connectivity index (χ3n) is 2.90. The molecule has 0 aliphatic carbocycles. The van der Waals surface area contributed by atoms with E-state index in [0.29, 0.717) is 19.1 Å². The van der Waals surface area contributed by atoms with E-state index in [-0.39, 0.29) is 6.10 Å². The standard InChI is InChI=1S/C15H27N3O2/c1-12(2)8-16-9-14-7-13(5-6-17-14)18-10-15(20-4)11-19-3/h5-7,12,15-16H,8-11H2,1-4H3,(H,17,18). The highest BCUT2D eigenvalue weighted by Gasteiger charge is 2.06. The molecule has 1 rings (SSSR count). The van der Waals surface area contributed by atoms with Gasteiger partial charge in [-0.25, -0.2) is 0 Å². The van der Waals surface area contributed by atoms with E-state index in [2.05, 4.69) is 35.5 Å². The van der Waals surface area contributed by atoms with E-state index in [4.69, 9.17) is 9.47 Å². The van der Waals surface area contributed by atoms with Crippen LogP contribution in [-0.4, -0.2) is 45.0 Å². The number of pyridine rings is 1. The lowest BCUT2D eigenvalue weighted by Crippen LogP contribution is -2.26. The Bertz CT molecular complexity index is 372. The van der Waals surface area contributed by atoms with Gasteiger partial charge in [-0.05, 0) is 24.6 Å².